The Bertz CT molecular complexity index is 1120. The molecule has 4 rings (SSSR count). The fourth-order valence-electron chi connectivity index (χ4n) is 3.94. The van der Waals surface area contributed by atoms with Gasteiger partial charge in [0, 0.05) is 50.1 Å². The number of nitrogens with zero attached hydrogens (tertiary/aromatic N) is 3. The molecule has 0 bridgehead atoms. The minimum absolute atomic E-state index is 0.000700. The highest BCUT2D eigenvalue weighted by atomic mass is 32.1. The molecule has 1 amide bonds. The summed E-state index contributed by atoms with van der Waals surface area (Å²) in [4.78, 5) is 32.7. The van der Waals surface area contributed by atoms with Crippen molar-refractivity contribution in [3.63, 3.8) is 0 Å². The van der Waals surface area contributed by atoms with Crippen LogP contribution in [0, 0.1) is 0 Å². The molecule has 2 heterocycles. The highest BCUT2D eigenvalue weighted by Crippen LogP contribution is 2.26. The van der Waals surface area contributed by atoms with E-state index >= 15 is 0 Å². The minimum Gasteiger partial charge on any atom is -0.497 e. The number of aryl methyl sites for hydroxylation is 1. The first kappa shape index (κ1) is 24.9. The summed E-state index contributed by atoms with van der Waals surface area (Å²) in [6, 6.07) is 15.5. The predicted octanol–water partition coefficient (Wildman–Crippen LogP) is 4.06. The number of Topliss-reactive ketones (excluding diaryl/α,β-unsaturated/α-hetero) is 1. The number of carbonyl (C=O) groups is 2. The molecular formula is C27H31N3O4S. The van der Waals surface area contributed by atoms with Gasteiger partial charge in [-0.25, -0.2) is 4.98 Å². The molecule has 0 unspecified atom stereocenters. The second-order valence-electron chi connectivity index (χ2n) is 8.66. The van der Waals surface area contributed by atoms with E-state index in [-0.39, 0.29) is 18.3 Å². The average molecular weight is 494 g/mol. The Labute approximate surface area is 210 Å². The van der Waals surface area contributed by atoms with Crippen molar-refractivity contribution in [3.05, 3.63) is 65.2 Å². The number of carbonyl (C=O) groups excluding carboxylic acids is 2. The van der Waals surface area contributed by atoms with Crippen LogP contribution in [0.3, 0.4) is 0 Å². The number of benzene rings is 2. The summed E-state index contributed by atoms with van der Waals surface area (Å²) in [5, 5.41) is 3.11. The molecule has 1 aliphatic heterocycles. The van der Waals surface area contributed by atoms with Crippen LogP contribution in [0.15, 0.2) is 53.9 Å². The Morgan fingerprint density at radius 3 is 2.31 bits per heavy atom. The maximum absolute atomic E-state index is 12.6. The molecule has 0 spiro atoms. The first-order valence-corrected chi connectivity index (χ1v) is 12.7. The van der Waals surface area contributed by atoms with E-state index in [9.17, 15) is 9.59 Å². The second-order valence-corrected chi connectivity index (χ2v) is 9.52. The maximum atomic E-state index is 12.6. The standard InChI is InChI=1S/C27H31N3O4S/c1-20(31)3-4-21-5-9-25(10-6-21)34-18-26(32)30-15-13-29(14-16-30)17-23-19-35-27(28-23)22-7-11-24(33-2)12-8-22/h5-12,19H,3-4,13-18H2,1-2H3. The third-order valence-corrected chi connectivity index (χ3v) is 6.99. The van der Waals surface area contributed by atoms with Crippen LogP contribution in [0.1, 0.15) is 24.6 Å². The molecular weight excluding hydrogens is 462 g/mol. The van der Waals surface area contributed by atoms with Gasteiger partial charge in [-0.15, -0.1) is 11.3 Å². The zero-order valence-corrected chi connectivity index (χ0v) is 21.1. The number of methoxy groups -OCH3 is 1. The van der Waals surface area contributed by atoms with Gasteiger partial charge in [0.2, 0.25) is 0 Å². The van der Waals surface area contributed by atoms with Crippen molar-refractivity contribution in [2.45, 2.75) is 26.3 Å². The van der Waals surface area contributed by atoms with Crippen molar-refractivity contribution in [1.29, 1.82) is 0 Å². The average Bonchev–Trinajstić information content (AvgIpc) is 3.35. The van der Waals surface area contributed by atoms with E-state index in [2.05, 4.69) is 10.3 Å². The van der Waals surface area contributed by atoms with E-state index in [0.717, 1.165) is 53.6 Å². The number of aromatic nitrogens is 1. The van der Waals surface area contributed by atoms with Gasteiger partial charge in [0.25, 0.3) is 5.91 Å². The van der Waals surface area contributed by atoms with Crippen LogP contribution in [0.4, 0.5) is 0 Å². The molecule has 1 aromatic heterocycles. The third-order valence-electron chi connectivity index (χ3n) is 6.05. The molecule has 35 heavy (non-hydrogen) atoms. The van der Waals surface area contributed by atoms with Gasteiger partial charge in [0.05, 0.1) is 12.8 Å². The largest absolute Gasteiger partial charge is 0.497 e. The number of thiazole rings is 1. The van der Waals surface area contributed by atoms with E-state index in [1.807, 2.05) is 53.4 Å². The molecule has 0 saturated carbocycles. The van der Waals surface area contributed by atoms with Gasteiger partial charge in [-0.3, -0.25) is 9.69 Å². The molecule has 0 N–H and O–H groups in total. The monoisotopic (exact) mass is 493 g/mol. The quantitative estimate of drug-likeness (QED) is 0.424. The summed E-state index contributed by atoms with van der Waals surface area (Å²) < 4.78 is 10.9. The SMILES string of the molecule is COc1ccc(-c2nc(CN3CCN(C(=O)COc4ccc(CCC(C)=O)cc4)CC3)cs2)cc1. The van der Waals surface area contributed by atoms with Gasteiger partial charge >= 0.3 is 0 Å². The number of hydrogen-bond donors (Lipinski definition) is 0. The lowest BCUT2D eigenvalue weighted by atomic mass is 10.1. The lowest BCUT2D eigenvalue weighted by Gasteiger charge is -2.34. The third kappa shape index (κ3) is 7.13. The first-order chi connectivity index (χ1) is 17.0. The Hall–Kier alpha value is -3.23. The number of ketones is 1. The van der Waals surface area contributed by atoms with Crippen molar-refractivity contribution in [2.75, 3.05) is 39.9 Å². The Morgan fingerprint density at radius 2 is 1.66 bits per heavy atom. The van der Waals surface area contributed by atoms with Crippen LogP contribution in [0.2, 0.25) is 0 Å². The van der Waals surface area contributed by atoms with Crippen LogP contribution in [0.5, 0.6) is 11.5 Å². The summed E-state index contributed by atoms with van der Waals surface area (Å²) in [6.07, 6.45) is 1.26. The number of ether oxygens (including phenoxy) is 2. The van der Waals surface area contributed by atoms with E-state index in [1.165, 1.54) is 0 Å². The fraction of sp³-hybridized carbons (Fsp3) is 0.370. The van der Waals surface area contributed by atoms with E-state index in [1.54, 1.807) is 25.4 Å². The Kier molecular flexibility index (Phi) is 8.50. The summed E-state index contributed by atoms with van der Waals surface area (Å²) in [6.45, 7) is 5.40. The normalized spacial score (nSPS) is 14.1. The molecule has 0 atom stereocenters. The summed E-state index contributed by atoms with van der Waals surface area (Å²) >= 11 is 1.64. The van der Waals surface area contributed by atoms with E-state index in [4.69, 9.17) is 14.5 Å². The van der Waals surface area contributed by atoms with Gasteiger partial charge in [0.1, 0.15) is 22.3 Å². The van der Waals surface area contributed by atoms with Crippen LogP contribution in [-0.4, -0.2) is 66.4 Å². The fourth-order valence-corrected chi connectivity index (χ4v) is 4.76. The number of hydrogen-bond acceptors (Lipinski definition) is 7. The lowest BCUT2D eigenvalue weighted by Crippen LogP contribution is -2.49. The predicted molar refractivity (Wildman–Crippen MR) is 137 cm³/mol. The number of rotatable bonds is 10. The lowest BCUT2D eigenvalue weighted by molar-refractivity contribution is -0.135. The maximum Gasteiger partial charge on any atom is 0.260 e. The second kappa shape index (κ2) is 12.0. The van der Waals surface area contributed by atoms with Crippen molar-refractivity contribution >= 4 is 23.0 Å². The van der Waals surface area contributed by atoms with Crippen molar-refractivity contribution in [3.8, 4) is 22.1 Å². The molecule has 1 fully saturated rings. The van der Waals surface area contributed by atoms with Gasteiger partial charge < -0.3 is 19.2 Å². The minimum atomic E-state index is 0.000700. The van der Waals surface area contributed by atoms with Crippen LogP contribution in [0.25, 0.3) is 10.6 Å². The molecule has 1 saturated heterocycles. The highest BCUT2D eigenvalue weighted by Gasteiger charge is 2.22. The molecule has 0 radical (unpaired) electrons. The smallest absolute Gasteiger partial charge is 0.260 e. The Balaban J connectivity index is 1.20. The van der Waals surface area contributed by atoms with Crippen molar-refractivity contribution in [1.82, 2.24) is 14.8 Å². The zero-order chi connectivity index (χ0) is 24.6. The topological polar surface area (TPSA) is 72.0 Å². The van der Waals surface area contributed by atoms with Crippen LogP contribution < -0.4 is 9.47 Å². The van der Waals surface area contributed by atoms with Gasteiger partial charge in [-0.1, -0.05) is 12.1 Å². The first-order valence-electron chi connectivity index (χ1n) is 11.8. The summed E-state index contributed by atoms with van der Waals surface area (Å²) in [5.41, 5.74) is 3.23. The van der Waals surface area contributed by atoms with Crippen molar-refractivity contribution < 1.29 is 19.1 Å². The van der Waals surface area contributed by atoms with Gasteiger partial charge in [0.15, 0.2) is 6.61 Å². The van der Waals surface area contributed by atoms with Crippen molar-refractivity contribution in [2.24, 2.45) is 0 Å². The molecule has 0 aliphatic carbocycles. The molecule has 8 heteroatoms. The molecule has 7 nitrogen and oxygen atoms in total. The summed E-state index contributed by atoms with van der Waals surface area (Å²) in [7, 11) is 1.66. The van der Waals surface area contributed by atoms with E-state index < -0.39 is 0 Å². The molecule has 184 valence electrons. The highest BCUT2D eigenvalue weighted by molar-refractivity contribution is 7.13. The molecule has 3 aromatic rings. The van der Waals surface area contributed by atoms with Crippen LogP contribution >= 0.6 is 11.3 Å². The zero-order valence-electron chi connectivity index (χ0n) is 20.2. The number of piperazine rings is 1. The Morgan fingerprint density at radius 1 is 0.971 bits per heavy atom. The molecule has 2 aromatic carbocycles. The number of amides is 1. The van der Waals surface area contributed by atoms with Gasteiger partial charge in [-0.05, 0) is 55.3 Å². The van der Waals surface area contributed by atoms with Gasteiger partial charge in [-0.2, -0.15) is 0 Å². The summed E-state index contributed by atoms with van der Waals surface area (Å²) in [5.74, 6) is 1.68. The van der Waals surface area contributed by atoms with Crippen LogP contribution in [-0.2, 0) is 22.6 Å². The molecule has 1 aliphatic rings. The van der Waals surface area contributed by atoms with E-state index in [0.29, 0.717) is 25.3 Å².